The average molecular weight is 390 g/mol. The van der Waals surface area contributed by atoms with Crippen molar-refractivity contribution >= 4 is 22.9 Å². The maximum atomic E-state index is 13.1. The van der Waals surface area contributed by atoms with E-state index in [4.69, 9.17) is 4.74 Å². The number of H-pyrrole nitrogens is 1. The fourth-order valence-corrected chi connectivity index (χ4v) is 2.96. The molecule has 2 aromatic carbocycles. The molecule has 1 atom stereocenters. The van der Waals surface area contributed by atoms with E-state index in [1.807, 2.05) is 18.2 Å². The number of alkyl halides is 3. The van der Waals surface area contributed by atoms with Crippen LogP contribution in [0.1, 0.15) is 17.2 Å². The smallest absolute Gasteiger partial charge is 0.377 e. The highest BCUT2D eigenvalue weighted by atomic mass is 19.4. The molecule has 1 amide bonds. The number of nitrogens with zero attached hydrogens (tertiary/aromatic N) is 1. The van der Waals surface area contributed by atoms with Crippen molar-refractivity contribution in [3.05, 3.63) is 59.7 Å². The number of aromatic amines is 1. The zero-order chi connectivity index (χ0) is 19.7. The molecular weight excluding hydrogens is 373 g/mol. The third-order valence-corrected chi connectivity index (χ3v) is 4.46. The van der Waals surface area contributed by atoms with Crippen LogP contribution in [0.25, 0.3) is 11.0 Å². The van der Waals surface area contributed by atoms with Crippen molar-refractivity contribution < 1.29 is 22.7 Å². The second kappa shape index (κ2) is 7.16. The van der Waals surface area contributed by atoms with Gasteiger partial charge >= 0.3 is 6.18 Å². The monoisotopic (exact) mass is 390 g/mol. The van der Waals surface area contributed by atoms with Crippen LogP contribution in [-0.2, 0) is 15.7 Å². The van der Waals surface area contributed by atoms with Gasteiger partial charge in [-0.2, -0.15) is 13.2 Å². The third-order valence-electron chi connectivity index (χ3n) is 4.46. The molecule has 0 spiro atoms. The second-order valence-electron chi connectivity index (χ2n) is 6.55. The summed E-state index contributed by atoms with van der Waals surface area (Å²) in [5.41, 5.74) is 0.801. The van der Waals surface area contributed by atoms with E-state index in [0.717, 1.165) is 17.6 Å². The van der Waals surface area contributed by atoms with E-state index < -0.39 is 23.7 Å². The lowest BCUT2D eigenvalue weighted by atomic mass is 10.0. The minimum absolute atomic E-state index is 0.154. The lowest BCUT2D eigenvalue weighted by Crippen LogP contribution is -2.50. The Morgan fingerprint density at radius 3 is 2.64 bits per heavy atom. The fourth-order valence-electron chi connectivity index (χ4n) is 2.96. The zero-order valence-electron chi connectivity index (χ0n) is 14.6. The van der Waals surface area contributed by atoms with Gasteiger partial charge < -0.3 is 20.4 Å². The van der Waals surface area contributed by atoms with Crippen LogP contribution in [0.2, 0.25) is 0 Å². The van der Waals surface area contributed by atoms with Gasteiger partial charge in [-0.1, -0.05) is 24.3 Å². The van der Waals surface area contributed by atoms with Crippen LogP contribution in [0.5, 0.6) is 0 Å². The Labute approximate surface area is 158 Å². The first-order valence-corrected chi connectivity index (χ1v) is 8.67. The SMILES string of the molecule is O=C(NC1COC1)C(Nc1nc2ccccc2[nH]1)c1cccc(C(F)(F)F)c1. The molecule has 3 aromatic rings. The molecule has 2 heterocycles. The summed E-state index contributed by atoms with van der Waals surface area (Å²) in [4.78, 5) is 20.2. The number of hydrogen-bond donors (Lipinski definition) is 3. The van der Waals surface area contributed by atoms with Crippen LogP contribution >= 0.6 is 0 Å². The van der Waals surface area contributed by atoms with Crippen molar-refractivity contribution in [3.8, 4) is 0 Å². The minimum atomic E-state index is -4.50. The van der Waals surface area contributed by atoms with Crippen molar-refractivity contribution in [2.45, 2.75) is 18.3 Å². The maximum Gasteiger partial charge on any atom is 0.416 e. The van der Waals surface area contributed by atoms with Gasteiger partial charge in [0.05, 0.1) is 35.9 Å². The van der Waals surface area contributed by atoms with E-state index in [2.05, 4.69) is 20.6 Å². The minimum Gasteiger partial charge on any atom is -0.377 e. The summed E-state index contributed by atoms with van der Waals surface area (Å²) >= 11 is 0. The summed E-state index contributed by atoms with van der Waals surface area (Å²) in [7, 11) is 0. The summed E-state index contributed by atoms with van der Waals surface area (Å²) in [6, 6.07) is 10.8. The normalized spacial score (nSPS) is 15.8. The van der Waals surface area contributed by atoms with Gasteiger partial charge in [0.1, 0.15) is 6.04 Å². The maximum absolute atomic E-state index is 13.1. The molecule has 1 fully saturated rings. The van der Waals surface area contributed by atoms with Gasteiger partial charge in [-0.05, 0) is 29.8 Å². The molecule has 1 aliphatic heterocycles. The number of aromatic nitrogens is 2. The predicted octanol–water partition coefficient (Wildman–Crippen LogP) is 3.25. The third kappa shape index (κ3) is 3.79. The van der Waals surface area contributed by atoms with E-state index in [-0.39, 0.29) is 11.6 Å². The van der Waals surface area contributed by atoms with Gasteiger partial charge in [0.2, 0.25) is 11.9 Å². The molecule has 1 unspecified atom stereocenters. The first-order valence-electron chi connectivity index (χ1n) is 8.67. The molecular formula is C19H17F3N4O2. The lowest BCUT2D eigenvalue weighted by Gasteiger charge is -2.29. The van der Waals surface area contributed by atoms with Crippen LogP contribution in [0, 0.1) is 0 Å². The molecule has 0 radical (unpaired) electrons. The molecule has 3 N–H and O–H groups in total. The largest absolute Gasteiger partial charge is 0.416 e. The van der Waals surface area contributed by atoms with Crippen LogP contribution in [0.4, 0.5) is 19.1 Å². The molecule has 1 aliphatic rings. The molecule has 4 rings (SSSR count). The number of amides is 1. The Balaban J connectivity index is 1.66. The molecule has 146 valence electrons. The molecule has 6 nitrogen and oxygen atoms in total. The van der Waals surface area contributed by atoms with E-state index in [1.165, 1.54) is 12.1 Å². The summed E-state index contributed by atoms with van der Waals surface area (Å²) in [6.07, 6.45) is -4.50. The average Bonchev–Trinajstić information content (AvgIpc) is 3.04. The number of carbonyl (C=O) groups is 1. The number of fused-ring (bicyclic) bond motifs is 1. The standard InChI is InChI=1S/C19H17F3N4O2/c20-19(21,22)12-5-3-4-11(8-12)16(17(27)23-13-9-28-10-13)26-18-24-14-6-1-2-7-15(14)25-18/h1-8,13,16H,9-10H2,(H,23,27)(H2,24,25,26). The first kappa shape index (κ1) is 18.3. The molecule has 28 heavy (non-hydrogen) atoms. The number of anilines is 1. The molecule has 1 saturated heterocycles. The molecule has 0 bridgehead atoms. The van der Waals surface area contributed by atoms with E-state index in [1.54, 1.807) is 6.07 Å². The van der Waals surface area contributed by atoms with Crippen LogP contribution in [0.15, 0.2) is 48.5 Å². The molecule has 9 heteroatoms. The van der Waals surface area contributed by atoms with Gasteiger partial charge in [0.25, 0.3) is 0 Å². The first-order chi connectivity index (χ1) is 13.4. The number of imidazole rings is 1. The fraction of sp³-hybridized carbons (Fsp3) is 0.263. The predicted molar refractivity (Wildman–Crippen MR) is 96.7 cm³/mol. The van der Waals surface area contributed by atoms with Crippen molar-refractivity contribution in [2.75, 3.05) is 18.5 Å². The van der Waals surface area contributed by atoms with Gasteiger partial charge in [0.15, 0.2) is 0 Å². The number of para-hydroxylation sites is 2. The van der Waals surface area contributed by atoms with E-state index in [9.17, 15) is 18.0 Å². The molecule has 0 aliphatic carbocycles. The highest BCUT2D eigenvalue weighted by molar-refractivity contribution is 5.87. The van der Waals surface area contributed by atoms with Crippen LogP contribution < -0.4 is 10.6 Å². The second-order valence-corrected chi connectivity index (χ2v) is 6.55. The summed E-state index contributed by atoms with van der Waals surface area (Å²) in [5, 5.41) is 5.71. The Morgan fingerprint density at radius 1 is 1.18 bits per heavy atom. The number of hydrogen-bond acceptors (Lipinski definition) is 4. The Morgan fingerprint density at radius 2 is 1.96 bits per heavy atom. The Bertz CT molecular complexity index is 965. The van der Waals surface area contributed by atoms with Crippen molar-refractivity contribution in [2.24, 2.45) is 0 Å². The summed E-state index contributed by atoms with van der Waals surface area (Å²) in [5.74, 6) is -0.156. The van der Waals surface area contributed by atoms with Crippen LogP contribution in [0.3, 0.4) is 0 Å². The Hall–Kier alpha value is -3.07. The highest BCUT2D eigenvalue weighted by Gasteiger charge is 2.33. The van der Waals surface area contributed by atoms with Gasteiger partial charge in [-0.3, -0.25) is 4.79 Å². The van der Waals surface area contributed by atoms with Crippen molar-refractivity contribution in [1.82, 2.24) is 15.3 Å². The quantitative estimate of drug-likeness (QED) is 0.625. The van der Waals surface area contributed by atoms with Gasteiger partial charge in [-0.15, -0.1) is 0 Å². The number of ether oxygens (including phenoxy) is 1. The van der Waals surface area contributed by atoms with Crippen molar-refractivity contribution in [3.63, 3.8) is 0 Å². The molecule has 1 aromatic heterocycles. The van der Waals surface area contributed by atoms with Gasteiger partial charge in [-0.25, -0.2) is 4.98 Å². The summed E-state index contributed by atoms with van der Waals surface area (Å²) < 4.78 is 44.4. The number of benzene rings is 2. The van der Waals surface area contributed by atoms with E-state index >= 15 is 0 Å². The molecule has 0 saturated carbocycles. The van der Waals surface area contributed by atoms with Crippen molar-refractivity contribution in [1.29, 1.82) is 0 Å². The topological polar surface area (TPSA) is 79.0 Å². The Kier molecular flexibility index (Phi) is 4.68. The highest BCUT2D eigenvalue weighted by Crippen LogP contribution is 2.31. The zero-order valence-corrected chi connectivity index (χ0v) is 14.6. The summed E-state index contributed by atoms with van der Waals surface area (Å²) in [6.45, 7) is 0.761. The number of halogens is 3. The van der Waals surface area contributed by atoms with Crippen LogP contribution in [-0.4, -0.2) is 35.1 Å². The number of nitrogens with one attached hydrogen (secondary N) is 3. The van der Waals surface area contributed by atoms with E-state index in [0.29, 0.717) is 24.7 Å². The number of rotatable bonds is 5. The van der Waals surface area contributed by atoms with Gasteiger partial charge in [0, 0.05) is 0 Å². The lowest BCUT2D eigenvalue weighted by molar-refractivity contribution is -0.137. The number of carbonyl (C=O) groups excluding carboxylic acids is 1.